The van der Waals surface area contributed by atoms with Crippen LogP contribution in [0.3, 0.4) is 0 Å². The number of nitrogens with zero attached hydrogens (tertiary/aromatic N) is 1. The van der Waals surface area contributed by atoms with Crippen molar-refractivity contribution in [1.82, 2.24) is 5.32 Å². The van der Waals surface area contributed by atoms with Gasteiger partial charge in [-0.1, -0.05) is 47.5 Å². The number of barbiturate groups is 1. The summed E-state index contributed by atoms with van der Waals surface area (Å²) in [6.07, 6.45) is 1.40. The molecule has 0 spiro atoms. The Kier molecular flexibility index (Phi) is 6.89. The average Bonchev–Trinajstić information content (AvgIpc) is 2.83. The molecule has 3 aromatic carbocycles. The van der Waals surface area contributed by atoms with Crippen molar-refractivity contribution in [2.24, 2.45) is 0 Å². The summed E-state index contributed by atoms with van der Waals surface area (Å²) < 4.78 is 11.3. The van der Waals surface area contributed by atoms with E-state index in [2.05, 4.69) is 5.32 Å². The number of hydrogen-bond acceptors (Lipinski definition) is 5. The second-order valence-electron chi connectivity index (χ2n) is 8.03. The van der Waals surface area contributed by atoms with E-state index in [1.807, 2.05) is 31.2 Å². The van der Waals surface area contributed by atoms with E-state index in [-0.39, 0.29) is 12.2 Å². The molecule has 4 amide bonds. The second kappa shape index (κ2) is 10.0. The molecule has 1 fully saturated rings. The molecule has 1 aliphatic heterocycles. The second-order valence-corrected chi connectivity index (χ2v) is 8.44. The monoisotopic (exact) mass is 490 g/mol. The molecule has 7 nitrogen and oxygen atoms in total. The van der Waals surface area contributed by atoms with Crippen LogP contribution in [0.25, 0.3) is 6.08 Å². The Balaban J connectivity index is 1.71. The lowest BCUT2D eigenvalue weighted by Crippen LogP contribution is -2.54. The van der Waals surface area contributed by atoms with Crippen molar-refractivity contribution in [3.8, 4) is 11.5 Å². The van der Waals surface area contributed by atoms with Crippen molar-refractivity contribution in [2.45, 2.75) is 20.5 Å². The zero-order valence-corrected chi connectivity index (χ0v) is 20.2. The summed E-state index contributed by atoms with van der Waals surface area (Å²) in [6, 6.07) is 16.8. The van der Waals surface area contributed by atoms with Gasteiger partial charge in [0.2, 0.25) is 0 Å². The Labute approximate surface area is 207 Å². The molecule has 178 valence electrons. The van der Waals surface area contributed by atoms with Crippen LogP contribution in [0.2, 0.25) is 5.02 Å². The van der Waals surface area contributed by atoms with Crippen LogP contribution in [0.4, 0.5) is 10.5 Å². The molecule has 8 heteroatoms. The Morgan fingerprint density at radius 3 is 2.49 bits per heavy atom. The Hall–Kier alpha value is -4.10. The third kappa shape index (κ3) is 5.05. The van der Waals surface area contributed by atoms with Crippen LogP contribution in [0.5, 0.6) is 11.5 Å². The van der Waals surface area contributed by atoms with Crippen molar-refractivity contribution in [3.05, 3.63) is 93.5 Å². The minimum Gasteiger partial charge on any atom is -0.497 e. The van der Waals surface area contributed by atoms with E-state index in [4.69, 9.17) is 21.1 Å². The number of carbonyl (C=O) groups excluding carboxylic acids is 3. The minimum absolute atomic E-state index is 0.163. The molecule has 1 aliphatic rings. The molecule has 0 unspecified atom stereocenters. The van der Waals surface area contributed by atoms with Crippen molar-refractivity contribution in [2.75, 3.05) is 12.0 Å². The standard InChI is InChI=1S/C27H23ClN2O5/c1-16-8-11-23(17(2)12-16)30-26(32)21(25(31)29-27(30)33)13-18-9-10-20(34-3)14-24(18)35-15-19-6-4-5-7-22(19)28/h4-14H,15H2,1-3H3,(H,29,31,33)/b21-13+. The fraction of sp³-hybridized carbons (Fsp3) is 0.148. The van der Waals surface area contributed by atoms with Crippen molar-refractivity contribution in [3.63, 3.8) is 0 Å². The number of nitrogens with one attached hydrogen (secondary N) is 1. The number of ether oxygens (including phenoxy) is 2. The van der Waals surface area contributed by atoms with Crippen LogP contribution in [0.1, 0.15) is 22.3 Å². The van der Waals surface area contributed by atoms with Crippen LogP contribution in [0, 0.1) is 13.8 Å². The van der Waals surface area contributed by atoms with E-state index in [0.29, 0.717) is 27.8 Å². The smallest absolute Gasteiger partial charge is 0.335 e. The molecule has 0 aliphatic carbocycles. The number of anilines is 1. The molecular weight excluding hydrogens is 468 g/mol. The summed E-state index contributed by atoms with van der Waals surface area (Å²) in [5.74, 6) is -0.590. The van der Waals surface area contributed by atoms with Crippen molar-refractivity contribution < 1.29 is 23.9 Å². The van der Waals surface area contributed by atoms with Gasteiger partial charge in [0.15, 0.2) is 0 Å². The molecular formula is C27H23ClN2O5. The predicted molar refractivity (Wildman–Crippen MR) is 134 cm³/mol. The number of amides is 4. The number of urea groups is 1. The van der Waals surface area contributed by atoms with Gasteiger partial charge in [0.1, 0.15) is 23.7 Å². The van der Waals surface area contributed by atoms with Crippen LogP contribution >= 0.6 is 11.6 Å². The summed E-state index contributed by atoms with van der Waals surface area (Å²) in [4.78, 5) is 39.6. The zero-order chi connectivity index (χ0) is 25.1. The molecule has 0 radical (unpaired) electrons. The lowest BCUT2D eigenvalue weighted by molar-refractivity contribution is -0.122. The average molecular weight is 491 g/mol. The van der Waals surface area contributed by atoms with Gasteiger partial charge in [0.05, 0.1) is 12.8 Å². The van der Waals surface area contributed by atoms with Crippen molar-refractivity contribution >= 4 is 41.2 Å². The quantitative estimate of drug-likeness (QED) is 0.378. The first-order chi connectivity index (χ1) is 16.8. The summed E-state index contributed by atoms with van der Waals surface area (Å²) >= 11 is 6.24. The van der Waals surface area contributed by atoms with Gasteiger partial charge in [-0.15, -0.1) is 0 Å². The number of benzene rings is 3. The fourth-order valence-electron chi connectivity index (χ4n) is 3.74. The highest BCUT2D eigenvalue weighted by molar-refractivity contribution is 6.39. The van der Waals surface area contributed by atoms with Gasteiger partial charge in [-0.05, 0) is 49.8 Å². The van der Waals surface area contributed by atoms with E-state index >= 15 is 0 Å². The number of methoxy groups -OCH3 is 1. The lowest BCUT2D eigenvalue weighted by atomic mass is 10.0. The number of rotatable bonds is 6. The number of hydrogen-bond donors (Lipinski definition) is 1. The molecule has 3 aromatic rings. The molecule has 0 aromatic heterocycles. The predicted octanol–water partition coefficient (Wildman–Crippen LogP) is 5.21. The molecule has 4 rings (SSSR count). The summed E-state index contributed by atoms with van der Waals surface area (Å²) in [6.45, 7) is 3.88. The van der Waals surface area contributed by atoms with Crippen molar-refractivity contribution in [1.29, 1.82) is 0 Å². The first kappa shape index (κ1) is 24.0. The fourth-order valence-corrected chi connectivity index (χ4v) is 3.94. The normalized spacial score (nSPS) is 14.8. The van der Waals surface area contributed by atoms with Gasteiger partial charge < -0.3 is 9.47 Å². The van der Waals surface area contributed by atoms with E-state index in [1.165, 1.54) is 13.2 Å². The lowest BCUT2D eigenvalue weighted by Gasteiger charge is -2.27. The maximum atomic E-state index is 13.3. The van der Waals surface area contributed by atoms with Gasteiger partial charge in [-0.3, -0.25) is 14.9 Å². The van der Waals surface area contributed by atoms with Gasteiger partial charge in [0.25, 0.3) is 11.8 Å². The summed E-state index contributed by atoms with van der Waals surface area (Å²) in [7, 11) is 1.52. The molecule has 1 saturated heterocycles. The molecule has 0 bridgehead atoms. The van der Waals surface area contributed by atoms with Crippen LogP contribution < -0.4 is 19.7 Å². The van der Waals surface area contributed by atoms with Gasteiger partial charge >= 0.3 is 6.03 Å². The number of aryl methyl sites for hydroxylation is 2. The highest BCUT2D eigenvalue weighted by atomic mass is 35.5. The molecule has 0 atom stereocenters. The summed E-state index contributed by atoms with van der Waals surface area (Å²) in [5, 5.41) is 2.81. The van der Waals surface area contributed by atoms with Gasteiger partial charge in [-0.2, -0.15) is 0 Å². The number of imide groups is 2. The topological polar surface area (TPSA) is 84.9 Å². The third-order valence-electron chi connectivity index (χ3n) is 5.56. The van der Waals surface area contributed by atoms with Gasteiger partial charge in [0, 0.05) is 22.2 Å². The van der Waals surface area contributed by atoms with E-state index in [9.17, 15) is 14.4 Å². The molecule has 0 saturated carbocycles. The molecule has 1 N–H and O–H groups in total. The number of halogens is 1. The van der Waals surface area contributed by atoms with Crippen LogP contribution in [-0.2, 0) is 16.2 Å². The van der Waals surface area contributed by atoms with Crippen LogP contribution in [-0.4, -0.2) is 25.0 Å². The van der Waals surface area contributed by atoms with E-state index in [1.54, 1.807) is 43.3 Å². The highest BCUT2D eigenvalue weighted by Crippen LogP contribution is 2.31. The molecule has 35 heavy (non-hydrogen) atoms. The van der Waals surface area contributed by atoms with Gasteiger partial charge in [-0.25, -0.2) is 9.69 Å². The van der Waals surface area contributed by atoms with Crippen LogP contribution in [0.15, 0.2) is 66.2 Å². The minimum atomic E-state index is -0.797. The maximum Gasteiger partial charge on any atom is 0.335 e. The largest absolute Gasteiger partial charge is 0.497 e. The molecule has 1 heterocycles. The first-order valence-corrected chi connectivity index (χ1v) is 11.2. The van der Waals surface area contributed by atoms with E-state index in [0.717, 1.165) is 21.6 Å². The number of carbonyl (C=O) groups is 3. The third-order valence-corrected chi connectivity index (χ3v) is 5.93. The highest BCUT2D eigenvalue weighted by Gasteiger charge is 2.37. The SMILES string of the molecule is COc1ccc(/C=C2\C(=O)NC(=O)N(c3ccc(C)cc3C)C2=O)c(OCc2ccccc2Cl)c1. The summed E-state index contributed by atoms with van der Waals surface area (Å²) in [5.41, 5.74) is 3.16. The Morgan fingerprint density at radius 2 is 1.77 bits per heavy atom. The Morgan fingerprint density at radius 1 is 1.00 bits per heavy atom. The Bertz CT molecular complexity index is 1370. The maximum absolute atomic E-state index is 13.3. The van der Waals surface area contributed by atoms with E-state index < -0.39 is 17.8 Å². The zero-order valence-electron chi connectivity index (χ0n) is 19.4. The first-order valence-electron chi connectivity index (χ1n) is 10.8.